The molecule has 0 radical (unpaired) electrons. The summed E-state index contributed by atoms with van der Waals surface area (Å²) in [6.07, 6.45) is 2.71. The molecule has 3 heterocycles. The van der Waals surface area contributed by atoms with E-state index >= 15 is 0 Å². The minimum absolute atomic E-state index is 0.597. The van der Waals surface area contributed by atoms with Gasteiger partial charge in [-0.15, -0.1) is 0 Å². The molecule has 2 aromatic heterocycles. The SMILES string of the molecule is CCNc1nc(-c2cccc3c2OCC3)c2cn[nH]c2n1. The monoisotopic (exact) mass is 281 g/mol. The minimum atomic E-state index is 0.597. The molecule has 0 saturated heterocycles. The zero-order valence-electron chi connectivity index (χ0n) is 11.7. The predicted octanol–water partition coefficient (Wildman–Crippen LogP) is 2.39. The number of anilines is 1. The van der Waals surface area contributed by atoms with E-state index in [0.717, 1.165) is 47.6 Å². The number of ether oxygens (including phenoxy) is 1. The first kappa shape index (κ1) is 12.1. The van der Waals surface area contributed by atoms with Gasteiger partial charge < -0.3 is 10.1 Å². The van der Waals surface area contributed by atoms with E-state index in [-0.39, 0.29) is 0 Å². The van der Waals surface area contributed by atoms with Crippen LogP contribution in [-0.2, 0) is 6.42 Å². The van der Waals surface area contributed by atoms with Gasteiger partial charge in [-0.1, -0.05) is 12.1 Å². The van der Waals surface area contributed by atoms with Crippen LogP contribution in [0.3, 0.4) is 0 Å². The lowest BCUT2D eigenvalue weighted by Crippen LogP contribution is -2.03. The molecule has 0 saturated carbocycles. The molecule has 0 spiro atoms. The van der Waals surface area contributed by atoms with Crippen molar-refractivity contribution in [3.8, 4) is 17.0 Å². The Morgan fingerprint density at radius 2 is 2.29 bits per heavy atom. The van der Waals surface area contributed by atoms with Gasteiger partial charge in [-0.25, -0.2) is 4.98 Å². The zero-order valence-corrected chi connectivity index (χ0v) is 11.7. The van der Waals surface area contributed by atoms with Crippen molar-refractivity contribution in [2.45, 2.75) is 13.3 Å². The lowest BCUT2D eigenvalue weighted by molar-refractivity contribution is 0.358. The zero-order chi connectivity index (χ0) is 14.2. The van der Waals surface area contributed by atoms with Crippen molar-refractivity contribution >= 4 is 17.0 Å². The lowest BCUT2D eigenvalue weighted by atomic mass is 10.0. The average Bonchev–Trinajstić information content (AvgIpc) is 3.14. The van der Waals surface area contributed by atoms with Gasteiger partial charge in [-0.05, 0) is 18.6 Å². The number of aromatic nitrogens is 4. The standard InChI is InChI=1S/C15H15N5O/c1-2-16-15-18-12(11-8-17-20-14(11)19-15)10-5-3-4-9-6-7-21-13(9)10/h3-5,8H,2,6-7H2,1H3,(H2,16,17,18,19,20). The highest BCUT2D eigenvalue weighted by atomic mass is 16.5. The van der Waals surface area contributed by atoms with E-state index < -0.39 is 0 Å². The predicted molar refractivity (Wildman–Crippen MR) is 80.5 cm³/mol. The fourth-order valence-electron chi connectivity index (χ4n) is 2.68. The van der Waals surface area contributed by atoms with Crippen LogP contribution in [0.15, 0.2) is 24.4 Å². The van der Waals surface area contributed by atoms with Crippen molar-refractivity contribution < 1.29 is 4.74 Å². The van der Waals surface area contributed by atoms with Crippen LogP contribution in [0, 0.1) is 0 Å². The summed E-state index contributed by atoms with van der Waals surface area (Å²) in [6, 6.07) is 6.18. The number of benzene rings is 1. The third kappa shape index (κ3) is 1.91. The van der Waals surface area contributed by atoms with Gasteiger partial charge in [0.1, 0.15) is 5.75 Å². The summed E-state index contributed by atoms with van der Waals surface area (Å²) >= 11 is 0. The molecule has 2 N–H and O–H groups in total. The van der Waals surface area contributed by atoms with E-state index in [2.05, 4.69) is 31.5 Å². The number of nitrogens with zero attached hydrogens (tertiary/aromatic N) is 3. The van der Waals surface area contributed by atoms with E-state index in [4.69, 9.17) is 4.74 Å². The summed E-state index contributed by atoms with van der Waals surface area (Å²) in [7, 11) is 0. The number of aromatic amines is 1. The van der Waals surface area contributed by atoms with E-state index in [9.17, 15) is 0 Å². The third-order valence-electron chi connectivity index (χ3n) is 3.61. The van der Waals surface area contributed by atoms with Gasteiger partial charge in [0.25, 0.3) is 0 Å². The molecular formula is C15H15N5O. The van der Waals surface area contributed by atoms with Crippen LogP contribution in [-0.4, -0.2) is 33.3 Å². The molecule has 0 fully saturated rings. The van der Waals surface area contributed by atoms with Crippen molar-refractivity contribution in [2.75, 3.05) is 18.5 Å². The van der Waals surface area contributed by atoms with Crippen LogP contribution in [0.5, 0.6) is 5.75 Å². The number of rotatable bonds is 3. The highest BCUT2D eigenvalue weighted by molar-refractivity contribution is 5.92. The Labute approximate surface area is 121 Å². The Hall–Kier alpha value is -2.63. The summed E-state index contributed by atoms with van der Waals surface area (Å²) in [6.45, 7) is 3.51. The van der Waals surface area contributed by atoms with E-state index in [1.165, 1.54) is 5.56 Å². The smallest absolute Gasteiger partial charge is 0.225 e. The summed E-state index contributed by atoms with van der Waals surface area (Å²) in [5, 5.41) is 11.1. The topological polar surface area (TPSA) is 75.7 Å². The van der Waals surface area contributed by atoms with Gasteiger partial charge in [0.05, 0.1) is 23.9 Å². The molecule has 0 amide bonds. The Morgan fingerprint density at radius 1 is 1.33 bits per heavy atom. The number of hydrogen-bond donors (Lipinski definition) is 2. The average molecular weight is 281 g/mol. The molecule has 4 rings (SSSR count). The number of hydrogen-bond acceptors (Lipinski definition) is 5. The molecule has 21 heavy (non-hydrogen) atoms. The van der Waals surface area contributed by atoms with Gasteiger partial charge in [-0.3, -0.25) is 5.10 Å². The Bertz CT molecular complexity index is 811. The summed E-state index contributed by atoms with van der Waals surface area (Å²) in [4.78, 5) is 9.07. The van der Waals surface area contributed by atoms with Crippen LogP contribution < -0.4 is 10.1 Å². The number of para-hydroxylation sites is 1. The van der Waals surface area contributed by atoms with Crippen LogP contribution in [0.25, 0.3) is 22.3 Å². The van der Waals surface area contributed by atoms with Crippen molar-refractivity contribution in [1.29, 1.82) is 0 Å². The summed E-state index contributed by atoms with van der Waals surface area (Å²) < 4.78 is 5.80. The summed E-state index contributed by atoms with van der Waals surface area (Å²) in [5.74, 6) is 1.53. The first-order chi connectivity index (χ1) is 10.4. The maximum atomic E-state index is 5.80. The molecule has 0 bridgehead atoms. The summed E-state index contributed by atoms with van der Waals surface area (Å²) in [5.41, 5.74) is 3.81. The molecule has 6 heteroatoms. The number of nitrogens with one attached hydrogen (secondary N) is 2. The lowest BCUT2D eigenvalue weighted by Gasteiger charge is -2.10. The van der Waals surface area contributed by atoms with Crippen LogP contribution in [0.2, 0.25) is 0 Å². The molecule has 6 nitrogen and oxygen atoms in total. The minimum Gasteiger partial charge on any atom is -0.492 e. The Kier molecular flexibility index (Phi) is 2.73. The molecule has 0 aliphatic carbocycles. The van der Waals surface area contributed by atoms with E-state index in [1.54, 1.807) is 6.20 Å². The molecule has 1 aliphatic heterocycles. The maximum Gasteiger partial charge on any atom is 0.225 e. The van der Waals surface area contributed by atoms with Crippen molar-refractivity contribution in [3.05, 3.63) is 30.0 Å². The third-order valence-corrected chi connectivity index (χ3v) is 3.61. The highest BCUT2D eigenvalue weighted by Crippen LogP contribution is 2.38. The highest BCUT2D eigenvalue weighted by Gasteiger charge is 2.20. The van der Waals surface area contributed by atoms with Crippen molar-refractivity contribution in [1.82, 2.24) is 20.2 Å². The molecular weight excluding hydrogens is 266 g/mol. The second-order valence-electron chi connectivity index (χ2n) is 4.95. The quantitative estimate of drug-likeness (QED) is 0.771. The van der Waals surface area contributed by atoms with Crippen LogP contribution in [0.1, 0.15) is 12.5 Å². The molecule has 0 atom stereocenters. The van der Waals surface area contributed by atoms with Gasteiger partial charge in [0.15, 0.2) is 5.65 Å². The molecule has 106 valence electrons. The van der Waals surface area contributed by atoms with E-state index in [0.29, 0.717) is 5.95 Å². The van der Waals surface area contributed by atoms with Crippen molar-refractivity contribution in [2.24, 2.45) is 0 Å². The van der Waals surface area contributed by atoms with Crippen LogP contribution >= 0.6 is 0 Å². The number of fused-ring (bicyclic) bond motifs is 2. The second kappa shape index (κ2) is 4.73. The Balaban J connectivity index is 1.97. The molecule has 0 unspecified atom stereocenters. The van der Waals surface area contributed by atoms with Gasteiger partial charge in [0, 0.05) is 18.5 Å². The van der Waals surface area contributed by atoms with Gasteiger partial charge in [0.2, 0.25) is 5.95 Å². The van der Waals surface area contributed by atoms with E-state index in [1.807, 2.05) is 19.1 Å². The normalized spacial score (nSPS) is 13.2. The first-order valence-corrected chi connectivity index (χ1v) is 7.07. The molecule has 1 aliphatic rings. The number of H-pyrrole nitrogens is 1. The molecule has 3 aromatic rings. The fraction of sp³-hybridized carbons (Fsp3) is 0.267. The molecule has 1 aromatic carbocycles. The Morgan fingerprint density at radius 3 is 3.19 bits per heavy atom. The van der Waals surface area contributed by atoms with Crippen LogP contribution in [0.4, 0.5) is 5.95 Å². The largest absolute Gasteiger partial charge is 0.492 e. The maximum absolute atomic E-state index is 5.80. The first-order valence-electron chi connectivity index (χ1n) is 7.07. The van der Waals surface area contributed by atoms with Crippen molar-refractivity contribution in [3.63, 3.8) is 0 Å². The van der Waals surface area contributed by atoms with Gasteiger partial charge in [-0.2, -0.15) is 10.1 Å². The van der Waals surface area contributed by atoms with Gasteiger partial charge >= 0.3 is 0 Å². The fourth-order valence-corrected chi connectivity index (χ4v) is 2.68. The second-order valence-corrected chi connectivity index (χ2v) is 4.95.